The van der Waals surface area contributed by atoms with Gasteiger partial charge in [-0.1, -0.05) is 15.9 Å². The van der Waals surface area contributed by atoms with Crippen LogP contribution in [0, 0.1) is 0 Å². The van der Waals surface area contributed by atoms with Gasteiger partial charge in [-0.15, -0.1) is 0 Å². The summed E-state index contributed by atoms with van der Waals surface area (Å²) in [5, 5.41) is 0.583. The number of hydrogen-bond donors (Lipinski definition) is 2. The maximum atomic E-state index is 5.35. The van der Waals surface area contributed by atoms with E-state index in [1.165, 1.54) is 0 Å². The van der Waals surface area contributed by atoms with Crippen molar-refractivity contribution < 1.29 is 0 Å². The topological polar surface area (TPSA) is 70.3 Å². The molecule has 2 aliphatic heterocycles. The van der Waals surface area contributed by atoms with Gasteiger partial charge in [-0.3, -0.25) is 0 Å². The molecule has 0 aromatic rings. The lowest BCUT2D eigenvalue weighted by Crippen LogP contribution is -2.53. The maximum Gasteiger partial charge on any atom is 0.226 e. The third-order valence-corrected chi connectivity index (χ3v) is 4.38. The van der Waals surface area contributed by atoms with Crippen molar-refractivity contribution in [3.05, 3.63) is 28.7 Å². The van der Waals surface area contributed by atoms with E-state index in [9.17, 15) is 0 Å². The Hall–Kier alpha value is -1.51. The summed E-state index contributed by atoms with van der Waals surface area (Å²) >= 11 is 8.59. The smallest absolute Gasteiger partial charge is 0.226 e. The number of rotatable bonds is 1. The zero-order valence-corrected chi connectivity index (χ0v) is 13.7. The van der Waals surface area contributed by atoms with Crippen molar-refractivity contribution in [2.45, 2.75) is 0 Å². The lowest BCUT2D eigenvalue weighted by molar-refractivity contribution is 0.379. The second-order valence-electron chi connectivity index (χ2n) is 4.77. The van der Waals surface area contributed by atoms with E-state index in [2.05, 4.69) is 36.2 Å². The van der Waals surface area contributed by atoms with E-state index in [-0.39, 0.29) is 0 Å². The van der Waals surface area contributed by atoms with Crippen LogP contribution in [0.3, 0.4) is 0 Å². The number of aromatic nitrogens is 2. The Labute approximate surface area is 136 Å². The molecule has 6 nitrogen and oxygen atoms in total. The average Bonchev–Trinajstić information content (AvgIpc) is 2.85. The number of nitrogens with two attached hydrogens (primary N) is 1. The highest BCUT2D eigenvalue weighted by molar-refractivity contribution is 9.10. The van der Waals surface area contributed by atoms with Crippen molar-refractivity contribution in [2.24, 2.45) is 5.84 Å². The second kappa shape index (κ2) is 6.08. The van der Waals surface area contributed by atoms with Gasteiger partial charge in [-0.05, 0) is 36.5 Å². The quantitative estimate of drug-likeness (QED) is 0.446. The summed E-state index contributed by atoms with van der Waals surface area (Å²) in [6, 6.07) is 7.90. The van der Waals surface area contributed by atoms with Crippen molar-refractivity contribution in [2.75, 3.05) is 31.1 Å². The number of piperazine rings is 1. The van der Waals surface area contributed by atoms with Crippen LogP contribution in [0.1, 0.15) is 0 Å². The number of nitrogens with one attached hydrogen (secondary N) is 1. The van der Waals surface area contributed by atoms with E-state index in [0.717, 1.165) is 48.0 Å². The maximum absolute atomic E-state index is 5.35. The van der Waals surface area contributed by atoms with Gasteiger partial charge in [-0.2, -0.15) is 0 Å². The highest BCUT2D eigenvalue weighted by Crippen LogP contribution is 2.24. The normalized spacial score (nSPS) is 15.3. The highest BCUT2D eigenvalue weighted by Gasteiger charge is 2.22. The lowest BCUT2D eigenvalue weighted by Gasteiger charge is -2.35. The van der Waals surface area contributed by atoms with Gasteiger partial charge < -0.3 is 15.2 Å². The lowest BCUT2D eigenvalue weighted by atomic mass is 10.3. The third kappa shape index (κ3) is 3.07. The number of hydrazine groups is 1. The summed E-state index contributed by atoms with van der Waals surface area (Å²) in [4.78, 5) is 13.4. The third-order valence-electron chi connectivity index (χ3n) is 3.48. The summed E-state index contributed by atoms with van der Waals surface area (Å²) in [6.45, 7) is 3.28. The molecule has 0 saturated carbocycles. The number of imidazole rings is 1. The standard InChI is InChI=1S/C13H15BrN6S/c14-9-1-3-10-11(4-2-9)17-12(16-10)19-5-7-20(8-6-19)13(21)18-15/h1-4H,5-8,15H2,(H,18,21). The molecule has 3 N–H and O–H groups in total. The molecule has 3 rings (SSSR count). The van der Waals surface area contributed by atoms with Crippen molar-refractivity contribution in [1.82, 2.24) is 20.3 Å². The predicted octanol–water partition coefficient (Wildman–Crippen LogP) is 1.21. The van der Waals surface area contributed by atoms with Crippen molar-refractivity contribution >= 4 is 39.2 Å². The first-order chi connectivity index (χ1) is 10.2. The van der Waals surface area contributed by atoms with Gasteiger partial charge in [0.25, 0.3) is 0 Å². The van der Waals surface area contributed by atoms with Gasteiger partial charge in [0.1, 0.15) is 0 Å². The number of halogens is 1. The molecule has 3 aliphatic rings. The van der Waals surface area contributed by atoms with Crippen LogP contribution in [0.4, 0.5) is 5.95 Å². The Bertz CT molecular complexity index is 594. The molecule has 2 heterocycles. The van der Waals surface area contributed by atoms with Gasteiger partial charge in [0.2, 0.25) is 5.95 Å². The molecule has 0 aromatic heterocycles. The molecule has 0 unspecified atom stereocenters. The van der Waals surface area contributed by atoms with Crippen LogP contribution < -0.4 is 16.2 Å². The van der Waals surface area contributed by atoms with Crippen molar-refractivity contribution in [1.29, 1.82) is 0 Å². The van der Waals surface area contributed by atoms with Crippen LogP contribution in [-0.4, -0.2) is 46.2 Å². The van der Waals surface area contributed by atoms with E-state index in [1.807, 2.05) is 29.2 Å². The van der Waals surface area contributed by atoms with Crippen LogP contribution in [0.5, 0.6) is 0 Å². The van der Waals surface area contributed by atoms with Crippen LogP contribution in [0.2, 0.25) is 0 Å². The van der Waals surface area contributed by atoms with Crippen molar-refractivity contribution in [3.8, 4) is 11.4 Å². The predicted molar refractivity (Wildman–Crippen MR) is 90.1 cm³/mol. The van der Waals surface area contributed by atoms with Crippen LogP contribution >= 0.6 is 28.1 Å². The second-order valence-corrected chi connectivity index (χ2v) is 6.07. The van der Waals surface area contributed by atoms with Crippen LogP contribution in [0.25, 0.3) is 11.4 Å². The van der Waals surface area contributed by atoms with Gasteiger partial charge in [-0.25, -0.2) is 15.8 Å². The summed E-state index contributed by atoms with van der Waals surface area (Å²) in [6.07, 6.45) is 0. The fourth-order valence-corrected chi connectivity index (χ4v) is 2.76. The first-order valence-corrected chi connectivity index (χ1v) is 7.81. The van der Waals surface area contributed by atoms with E-state index in [0.29, 0.717) is 5.11 Å². The van der Waals surface area contributed by atoms with Crippen LogP contribution in [0.15, 0.2) is 28.7 Å². The van der Waals surface area contributed by atoms with Crippen molar-refractivity contribution in [3.63, 3.8) is 0 Å². The molecule has 1 fully saturated rings. The molecule has 0 bridgehead atoms. The molecule has 0 spiro atoms. The monoisotopic (exact) mass is 366 g/mol. The molecule has 8 heteroatoms. The Balaban J connectivity index is 1.76. The number of fused-ring (bicyclic) bond motifs is 1. The molecule has 1 aliphatic carbocycles. The molecule has 0 atom stereocenters. The summed E-state index contributed by atoms with van der Waals surface area (Å²) < 4.78 is 1.01. The van der Waals surface area contributed by atoms with Gasteiger partial charge in [0.05, 0.1) is 11.4 Å². The molecule has 21 heavy (non-hydrogen) atoms. The largest absolute Gasteiger partial charge is 0.345 e. The first-order valence-electron chi connectivity index (χ1n) is 6.61. The zero-order valence-electron chi connectivity index (χ0n) is 11.3. The van der Waals surface area contributed by atoms with E-state index in [4.69, 9.17) is 18.1 Å². The van der Waals surface area contributed by atoms with Crippen LogP contribution in [-0.2, 0) is 0 Å². The Kier molecular flexibility index (Phi) is 4.18. The fraction of sp³-hybridized carbons (Fsp3) is 0.308. The molecule has 1 saturated heterocycles. The fourth-order valence-electron chi connectivity index (χ4n) is 2.32. The van der Waals surface area contributed by atoms with E-state index in [1.54, 1.807) is 0 Å². The summed E-state index contributed by atoms with van der Waals surface area (Å²) in [5.74, 6) is 6.13. The molecule has 0 amide bonds. The first kappa shape index (κ1) is 14.4. The zero-order chi connectivity index (χ0) is 14.8. The SMILES string of the molecule is NNC(=S)N1CCN(c2nc3ccc(Br)ccc-3n2)CC1. The molecule has 0 radical (unpaired) electrons. The minimum Gasteiger partial charge on any atom is -0.345 e. The number of thiocarbonyl (C=S) groups is 1. The van der Waals surface area contributed by atoms with E-state index >= 15 is 0 Å². The Morgan fingerprint density at radius 3 is 2.19 bits per heavy atom. The van der Waals surface area contributed by atoms with E-state index < -0.39 is 0 Å². The number of hydrogen-bond acceptors (Lipinski definition) is 5. The summed E-state index contributed by atoms with van der Waals surface area (Å²) in [7, 11) is 0. The molecule has 110 valence electrons. The minimum atomic E-state index is 0.583. The number of anilines is 1. The Morgan fingerprint density at radius 2 is 1.67 bits per heavy atom. The number of nitrogens with zero attached hydrogens (tertiary/aromatic N) is 4. The molecular formula is C13H15BrN6S. The molecule has 0 aromatic carbocycles. The summed E-state index contributed by atoms with van der Waals surface area (Å²) in [5.41, 5.74) is 4.32. The van der Waals surface area contributed by atoms with Gasteiger partial charge in [0, 0.05) is 30.7 Å². The molecular weight excluding hydrogens is 352 g/mol. The highest BCUT2D eigenvalue weighted by atomic mass is 79.9. The van der Waals surface area contributed by atoms with Gasteiger partial charge >= 0.3 is 0 Å². The Morgan fingerprint density at radius 1 is 1.10 bits per heavy atom. The van der Waals surface area contributed by atoms with Gasteiger partial charge in [0.15, 0.2) is 5.11 Å². The average molecular weight is 367 g/mol. The minimum absolute atomic E-state index is 0.583.